The summed E-state index contributed by atoms with van der Waals surface area (Å²) in [6, 6.07) is 10.6. The monoisotopic (exact) mass is 343 g/mol. The summed E-state index contributed by atoms with van der Waals surface area (Å²) in [7, 11) is 1.55. The largest absolute Gasteiger partial charge is 0.493 e. The molecule has 0 spiro atoms. The Morgan fingerprint density at radius 2 is 2.08 bits per heavy atom. The number of nitro groups is 1. The fourth-order valence-corrected chi connectivity index (χ4v) is 2.03. The number of amides is 1. The van der Waals surface area contributed by atoms with E-state index in [1.165, 1.54) is 30.5 Å². The molecule has 0 heterocycles. The van der Waals surface area contributed by atoms with E-state index in [1.54, 1.807) is 25.3 Å². The molecule has 25 heavy (non-hydrogen) atoms. The molecule has 0 aliphatic rings. The quantitative estimate of drug-likeness (QED) is 0.473. The average molecular weight is 343 g/mol. The molecule has 8 nitrogen and oxygen atoms in total. The van der Waals surface area contributed by atoms with E-state index in [0.29, 0.717) is 23.7 Å². The van der Waals surface area contributed by atoms with E-state index < -0.39 is 10.8 Å². The van der Waals surface area contributed by atoms with E-state index in [4.69, 9.17) is 9.47 Å². The van der Waals surface area contributed by atoms with Crippen LogP contribution in [0.2, 0.25) is 0 Å². The van der Waals surface area contributed by atoms with Gasteiger partial charge in [0.1, 0.15) is 0 Å². The van der Waals surface area contributed by atoms with Crippen molar-refractivity contribution >= 4 is 17.8 Å². The third-order valence-electron chi connectivity index (χ3n) is 3.19. The smallest absolute Gasteiger partial charge is 0.271 e. The van der Waals surface area contributed by atoms with Crippen molar-refractivity contribution in [3.63, 3.8) is 0 Å². The van der Waals surface area contributed by atoms with Crippen LogP contribution >= 0.6 is 0 Å². The molecule has 0 aliphatic heterocycles. The fourth-order valence-electron chi connectivity index (χ4n) is 2.03. The number of ether oxygens (including phenoxy) is 2. The van der Waals surface area contributed by atoms with E-state index in [-0.39, 0.29) is 11.3 Å². The Morgan fingerprint density at radius 3 is 2.76 bits per heavy atom. The molecular formula is C17H17N3O5. The molecule has 2 aromatic carbocycles. The highest BCUT2D eigenvalue weighted by atomic mass is 16.6. The van der Waals surface area contributed by atoms with Gasteiger partial charge in [0.2, 0.25) is 0 Å². The molecule has 2 rings (SSSR count). The minimum atomic E-state index is -0.563. The van der Waals surface area contributed by atoms with E-state index in [0.717, 1.165) is 0 Å². The van der Waals surface area contributed by atoms with E-state index in [1.807, 2.05) is 6.92 Å². The van der Waals surface area contributed by atoms with Gasteiger partial charge in [-0.15, -0.1) is 0 Å². The van der Waals surface area contributed by atoms with E-state index in [2.05, 4.69) is 10.5 Å². The third-order valence-corrected chi connectivity index (χ3v) is 3.19. The first kappa shape index (κ1) is 17.9. The number of hydrogen-bond donors (Lipinski definition) is 1. The summed E-state index contributed by atoms with van der Waals surface area (Å²) in [6.45, 7) is 2.35. The maximum absolute atomic E-state index is 12.0. The summed E-state index contributed by atoms with van der Waals surface area (Å²) in [6.07, 6.45) is 1.44. The number of nitro benzene ring substituents is 1. The number of benzene rings is 2. The number of rotatable bonds is 7. The first-order valence-corrected chi connectivity index (χ1v) is 7.44. The molecule has 0 fully saturated rings. The van der Waals surface area contributed by atoms with Gasteiger partial charge < -0.3 is 9.47 Å². The van der Waals surface area contributed by atoms with Crippen molar-refractivity contribution < 1.29 is 19.2 Å². The van der Waals surface area contributed by atoms with Crippen LogP contribution in [0.5, 0.6) is 11.5 Å². The van der Waals surface area contributed by atoms with Gasteiger partial charge in [0, 0.05) is 17.7 Å². The Balaban J connectivity index is 2.07. The van der Waals surface area contributed by atoms with Crippen molar-refractivity contribution in [1.29, 1.82) is 0 Å². The third kappa shape index (κ3) is 4.77. The summed E-state index contributed by atoms with van der Waals surface area (Å²) in [4.78, 5) is 22.2. The predicted molar refractivity (Wildman–Crippen MR) is 92.3 cm³/mol. The van der Waals surface area contributed by atoms with Crippen LogP contribution in [-0.2, 0) is 0 Å². The highest BCUT2D eigenvalue weighted by Crippen LogP contribution is 2.27. The van der Waals surface area contributed by atoms with Crippen LogP contribution in [0.3, 0.4) is 0 Å². The van der Waals surface area contributed by atoms with Crippen LogP contribution in [0, 0.1) is 10.1 Å². The lowest BCUT2D eigenvalue weighted by Gasteiger charge is -2.09. The normalized spacial score (nSPS) is 10.5. The number of hydrogen-bond acceptors (Lipinski definition) is 6. The zero-order valence-corrected chi connectivity index (χ0v) is 13.8. The van der Waals surface area contributed by atoms with Gasteiger partial charge in [0.15, 0.2) is 11.5 Å². The zero-order chi connectivity index (χ0) is 18.2. The minimum absolute atomic E-state index is 0.149. The molecule has 0 saturated heterocycles. The molecule has 0 saturated carbocycles. The second-order valence-electron chi connectivity index (χ2n) is 4.85. The summed E-state index contributed by atoms with van der Waals surface area (Å²) >= 11 is 0. The maximum Gasteiger partial charge on any atom is 0.271 e. The van der Waals surface area contributed by atoms with Gasteiger partial charge >= 0.3 is 0 Å². The topological polar surface area (TPSA) is 103 Å². The number of carbonyl (C=O) groups is 1. The van der Waals surface area contributed by atoms with Crippen LogP contribution in [0.1, 0.15) is 22.8 Å². The molecule has 0 atom stereocenters. The lowest BCUT2D eigenvalue weighted by Crippen LogP contribution is -2.17. The van der Waals surface area contributed by atoms with Crippen LogP contribution < -0.4 is 14.9 Å². The van der Waals surface area contributed by atoms with E-state index >= 15 is 0 Å². The predicted octanol–water partition coefficient (Wildman–Crippen LogP) is 2.77. The zero-order valence-electron chi connectivity index (χ0n) is 13.8. The average Bonchev–Trinajstić information content (AvgIpc) is 2.62. The summed E-state index contributed by atoms with van der Waals surface area (Å²) in [5.74, 6) is 0.622. The molecule has 130 valence electrons. The second kappa shape index (κ2) is 8.44. The second-order valence-corrected chi connectivity index (χ2v) is 4.85. The maximum atomic E-state index is 12.0. The Morgan fingerprint density at radius 1 is 1.28 bits per heavy atom. The van der Waals surface area contributed by atoms with Crippen LogP contribution in [0.15, 0.2) is 47.6 Å². The first-order chi connectivity index (χ1) is 12.0. The Labute approximate surface area is 144 Å². The Hall–Kier alpha value is -3.42. The fraction of sp³-hybridized carbons (Fsp3) is 0.176. The number of nitrogens with one attached hydrogen (secondary N) is 1. The lowest BCUT2D eigenvalue weighted by molar-refractivity contribution is -0.384. The van der Waals surface area contributed by atoms with Gasteiger partial charge in [-0.3, -0.25) is 14.9 Å². The Bertz CT molecular complexity index is 805. The van der Waals surface area contributed by atoms with Crippen molar-refractivity contribution in [3.05, 3.63) is 63.7 Å². The highest BCUT2D eigenvalue weighted by Gasteiger charge is 2.10. The van der Waals surface area contributed by atoms with Gasteiger partial charge in [0.25, 0.3) is 11.6 Å². The molecular weight excluding hydrogens is 326 g/mol. The van der Waals surface area contributed by atoms with Crippen LogP contribution in [0.25, 0.3) is 0 Å². The first-order valence-electron chi connectivity index (χ1n) is 7.44. The number of hydrazone groups is 1. The number of non-ortho nitro benzene ring substituents is 1. The van der Waals surface area contributed by atoms with E-state index in [9.17, 15) is 14.9 Å². The molecule has 0 unspecified atom stereocenters. The van der Waals surface area contributed by atoms with Crippen LogP contribution in [0.4, 0.5) is 5.69 Å². The standard InChI is InChI=1S/C17H17N3O5/c1-3-25-16-9-12(7-8-15(16)24-2)11-18-19-17(21)13-5-4-6-14(10-13)20(22)23/h4-11H,3H2,1-2H3,(H,19,21)/b18-11+. The Kier molecular flexibility index (Phi) is 6.05. The summed E-state index contributed by atoms with van der Waals surface area (Å²) < 4.78 is 10.7. The van der Waals surface area contributed by atoms with Crippen molar-refractivity contribution in [3.8, 4) is 11.5 Å². The molecule has 2 aromatic rings. The number of carbonyl (C=O) groups excluding carboxylic acids is 1. The lowest BCUT2D eigenvalue weighted by atomic mass is 10.2. The van der Waals surface area contributed by atoms with Gasteiger partial charge in [-0.2, -0.15) is 5.10 Å². The highest BCUT2D eigenvalue weighted by molar-refractivity contribution is 5.95. The van der Waals surface area contributed by atoms with Gasteiger partial charge in [0.05, 0.1) is 24.9 Å². The molecule has 1 amide bonds. The van der Waals surface area contributed by atoms with Gasteiger partial charge in [-0.25, -0.2) is 5.43 Å². The van der Waals surface area contributed by atoms with Crippen molar-refractivity contribution in [2.75, 3.05) is 13.7 Å². The van der Waals surface area contributed by atoms with Crippen molar-refractivity contribution in [2.24, 2.45) is 5.10 Å². The minimum Gasteiger partial charge on any atom is -0.493 e. The summed E-state index contributed by atoms with van der Waals surface area (Å²) in [5, 5.41) is 14.6. The van der Waals surface area contributed by atoms with Gasteiger partial charge in [-0.05, 0) is 36.8 Å². The van der Waals surface area contributed by atoms with Gasteiger partial charge in [-0.1, -0.05) is 6.07 Å². The molecule has 0 radical (unpaired) electrons. The SMILES string of the molecule is CCOc1cc(/C=N/NC(=O)c2cccc([N+](=O)[O-])c2)ccc1OC. The number of methoxy groups -OCH3 is 1. The molecule has 0 aromatic heterocycles. The number of nitrogens with zero attached hydrogens (tertiary/aromatic N) is 2. The molecule has 8 heteroatoms. The van der Waals surface area contributed by atoms with Crippen molar-refractivity contribution in [1.82, 2.24) is 5.43 Å². The molecule has 0 aliphatic carbocycles. The molecule has 1 N–H and O–H groups in total. The molecule has 0 bridgehead atoms. The van der Waals surface area contributed by atoms with Crippen molar-refractivity contribution in [2.45, 2.75) is 6.92 Å². The summed E-state index contributed by atoms with van der Waals surface area (Å²) in [5.41, 5.74) is 3.02. The van der Waals surface area contributed by atoms with Crippen LogP contribution in [-0.4, -0.2) is 30.8 Å².